The maximum absolute atomic E-state index is 13.0. The molecular formula is C19H23N3O5. The van der Waals surface area contributed by atoms with Crippen LogP contribution in [0, 0.1) is 0 Å². The van der Waals surface area contributed by atoms with E-state index in [1.54, 1.807) is 42.3 Å². The van der Waals surface area contributed by atoms with Gasteiger partial charge in [-0.1, -0.05) is 6.07 Å². The second kappa shape index (κ2) is 8.57. The summed E-state index contributed by atoms with van der Waals surface area (Å²) in [6, 6.07) is 8.68. The minimum Gasteiger partial charge on any atom is -0.493 e. The summed E-state index contributed by atoms with van der Waals surface area (Å²) < 4.78 is 21.6. The topological polar surface area (TPSA) is 83.0 Å². The molecule has 3 rings (SSSR count). The third-order valence-corrected chi connectivity index (χ3v) is 4.41. The molecule has 8 nitrogen and oxygen atoms in total. The molecule has 1 aliphatic rings. The van der Waals surface area contributed by atoms with Crippen molar-refractivity contribution < 1.29 is 23.7 Å². The van der Waals surface area contributed by atoms with Gasteiger partial charge >= 0.3 is 0 Å². The molecule has 8 heteroatoms. The van der Waals surface area contributed by atoms with Crippen molar-refractivity contribution in [2.24, 2.45) is 0 Å². The summed E-state index contributed by atoms with van der Waals surface area (Å²) in [6.07, 6.45) is 1.53. The third kappa shape index (κ3) is 4.21. The van der Waals surface area contributed by atoms with Crippen LogP contribution in [0.2, 0.25) is 0 Å². The number of rotatable bonds is 6. The van der Waals surface area contributed by atoms with Crippen LogP contribution in [0.3, 0.4) is 0 Å². The highest BCUT2D eigenvalue weighted by Crippen LogP contribution is 2.32. The van der Waals surface area contributed by atoms with Crippen molar-refractivity contribution >= 4 is 5.91 Å². The summed E-state index contributed by atoms with van der Waals surface area (Å²) in [7, 11) is 4.61. The van der Waals surface area contributed by atoms with Crippen LogP contribution in [0.25, 0.3) is 0 Å². The second-order valence-corrected chi connectivity index (χ2v) is 6.09. The lowest BCUT2D eigenvalue weighted by Crippen LogP contribution is -2.44. The van der Waals surface area contributed by atoms with Crippen LogP contribution in [0.5, 0.6) is 23.3 Å². The number of aromatic nitrogens is 2. The molecular weight excluding hydrogens is 350 g/mol. The van der Waals surface area contributed by atoms with Gasteiger partial charge in [-0.05, 0) is 25.0 Å². The lowest BCUT2D eigenvalue weighted by atomic mass is 10.1. The van der Waals surface area contributed by atoms with Crippen molar-refractivity contribution in [1.29, 1.82) is 0 Å². The molecule has 0 bridgehead atoms. The highest BCUT2D eigenvalue weighted by Gasteiger charge is 2.28. The Morgan fingerprint density at radius 1 is 1.04 bits per heavy atom. The van der Waals surface area contributed by atoms with Crippen LogP contribution in [0.1, 0.15) is 23.2 Å². The van der Waals surface area contributed by atoms with Crippen molar-refractivity contribution in [3.63, 3.8) is 0 Å². The van der Waals surface area contributed by atoms with Crippen LogP contribution < -0.4 is 18.9 Å². The standard InChI is InChI=1S/C19H23N3O5/c1-24-15-8-4-7-14(18(15)26-3)19(23)22-11-5-6-13(12-22)27-17-10-9-16(25-2)20-21-17/h4,7-10,13H,5-6,11-12H2,1-3H3. The highest BCUT2D eigenvalue weighted by molar-refractivity contribution is 5.98. The molecule has 0 spiro atoms. The molecule has 2 aromatic rings. The zero-order valence-corrected chi connectivity index (χ0v) is 15.7. The fourth-order valence-corrected chi connectivity index (χ4v) is 3.10. The quantitative estimate of drug-likeness (QED) is 0.767. The van der Waals surface area contributed by atoms with Gasteiger partial charge in [0.25, 0.3) is 5.91 Å². The fourth-order valence-electron chi connectivity index (χ4n) is 3.10. The number of hydrogen-bond donors (Lipinski definition) is 0. The minimum absolute atomic E-state index is 0.111. The molecule has 27 heavy (non-hydrogen) atoms. The third-order valence-electron chi connectivity index (χ3n) is 4.41. The first kappa shape index (κ1) is 18.8. The Balaban J connectivity index is 1.71. The maximum Gasteiger partial charge on any atom is 0.257 e. The first-order valence-corrected chi connectivity index (χ1v) is 8.71. The number of benzene rings is 1. The van der Waals surface area contributed by atoms with Gasteiger partial charge in [0.1, 0.15) is 6.10 Å². The van der Waals surface area contributed by atoms with E-state index in [-0.39, 0.29) is 12.0 Å². The van der Waals surface area contributed by atoms with Gasteiger partial charge in [0.2, 0.25) is 11.8 Å². The van der Waals surface area contributed by atoms with E-state index in [2.05, 4.69) is 10.2 Å². The number of para-hydroxylation sites is 1. The first-order valence-electron chi connectivity index (χ1n) is 8.71. The number of piperidine rings is 1. The normalized spacial score (nSPS) is 16.6. The summed E-state index contributed by atoms with van der Waals surface area (Å²) in [5.74, 6) is 1.69. The first-order chi connectivity index (χ1) is 13.2. The molecule has 0 saturated carbocycles. The molecule has 144 valence electrons. The number of ether oxygens (including phenoxy) is 4. The Labute approximate surface area is 158 Å². The van der Waals surface area contributed by atoms with Crippen LogP contribution in [0.15, 0.2) is 30.3 Å². The smallest absolute Gasteiger partial charge is 0.257 e. The molecule has 0 aliphatic carbocycles. The van der Waals surface area contributed by atoms with E-state index in [1.807, 2.05) is 0 Å². The fraction of sp³-hybridized carbons (Fsp3) is 0.421. The number of methoxy groups -OCH3 is 3. The summed E-state index contributed by atoms with van der Waals surface area (Å²) >= 11 is 0. The Kier molecular flexibility index (Phi) is 5.95. The lowest BCUT2D eigenvalue weighted by molar-refractivity contribution is 0.0522. The maximum atomic E-state index is 13.0. The van der Waals surface area contributed by atoms with Crippen molar-refractivity contribution in [2.45, 2.75) is 18.9 Å². The van der Waals surface area contributed by atoms with E-state index < -0.39 is 0 Å². The van der Waals surface area contributed by atoms with E-state index in [9.17, 15) is 4.79 Å². The van der Waals surface area contributed by atoms with Crippen LogP contribution >= 0.6 is 0 Å². The number of nitrogens with zero attached hydrogens (tertiary/aromatic N) is 3. The van der Waals surface area contributed by atoms with Crippen LogP contribution in [-0.4, -0.2) is 61.5 Å². The van der Waals surface area contributed by atoms with E-state index in [0.29, 0.717) is 41.9 Å². The molecule has 1 unspecified atom stereocenters. The van der Waals surface area contributed by atoms with Gasteiger partial charge in [-0.2, -0.15) is 0 Å². The van der Waals surface area contributed by atoms with E-state index >= 15 is 0 Å². The van der Waals surface area contributed by atoms with Gasteiger partial charge in [-0.3, -0.25) is 4.79 Å². The summed E-state index contributed by atoms with van der Waals surface area (Å²) in [5.41, 5.74) is 0.474. The van der Waals surface area contributed by atoms with Crippen molar-refractivity contribution in [2.75, 3.05) is 34.4 Å². The second-order valence-electron chi connectivity index (χ2n) is 6.09. The minimum atomic E-state index is -0.151. The lowest BCUT2D eigenvalue weighted by Gasteiger charge is -2.33. The molecule has 1 aromatic carbocycles. The summed E-state index contributed by atoms with van der Waals surface area (Å²) in [4.78, 5) is 14.8. The Bertz CT molecular complexity index is 781. The Hall–Kier alpha value is -3.03. The predicted molar refractivity (Wildman–Crippen MR) is 97.7 cm³/mol. The van der Waals surface area contributed by atoms with Gasteiger partial charge in [0.15, 0.2) is 11.5 Å². The zero-order chi connectivity index (χ0) is 19.2. The molecule has 0 N–H and O–H groups in total. The molecule has 1 aliphatic heterocycles. The van der Waals surface area contributed by atoms with Crippen molar-refractivity contribution in [3.05, 3.63) is 35.9 Å². The summed E-state index contributed by atoms with van der Waals surface area (Å²) in [5, 5.41) is 7.88. The van der Waals surface area contributed by atoms with Crippen molar-refractivity contribution in [1.82, 2.24) is 15.1 Å². The van der Waals surface area contributed by atoms with E-state index in [1.165, 1.54) is 14.2 Å². The molecule has 1 aromatic heterocycles. The number of likely N-dealkylation sites (tertiary alicyclic amines) is 1. The molecule has 1 saturated heterocycles. The van der Waals surface area contributed by atoms with Gasteiger partial charge in [-0.15, -0.1) is 10.2 Å². The molecule has 1 fully saturated rings. The molecule has 1 amide bonds. The monoisotopic (exact) mass is 373 g/mol. The highest BCUT2D eigenvalue weighted by atomic mass is 16.5. The molecule has 0 radical (unpaired) electrons. The van der Waals surface area contributed by atoms with E-state index in [0.717, 1.165) is 12.8 Å². The average molecular weight is 373 g/mol. The van der Waals surface area contributed by atoms with Crippen LogP contribution in [-0.2, 0) is 0 Å². The Morgan fingerprint density at radius 3 is 2.48 bits per heavy atom. The van der Waals surface area contributed by atoms with Gasteiger partial charge in [-0.25, -0.2) is 0 Å². The molecule has 1 atom stereocenters. The number of carbonyl (C=O) groups is 1. The van der Waals surface area contributed by atoms with Gasteiger partial charge < -0.3 is 23.8 Å². The number of hydrogen-bond acceptors (Lipinski definition) is 7. The number of carbonyl (C=O) groups excluding carboxylic acids is 1. The zero-order valence-electron chi connectivity index (χ0n) is 15.7. The largest absolute Gasteiger partial charge is 0.493 e. The number of amides is 1. The summed E-state index contributed by atoms with van der Waals surface area (Å²) in [6.45, 7) is 1.13. The Morgan fingerprint density at radius 2 is 1.81 bits per heavy atom. The van der Waals surface area contributed by atoms with E-state index in [4.69, 9.17) is 18.9 Å². The van der Waals surface area contributed by atoms with Gasteiger partial charge in [0, 0.05) is 18.7 Å². The average Bonchev–Trinajstić information content (AvgIpc) is 2.73. The predicted octanol–water partition coefficient (Wildman–Crippen LogP) is 2.19. The van der Waals surface area contributed by atoms with Crippen molar-refractivity contribution in [3.8, 4) is 23.3 Å². The van der Waals surface area contributed by atoms with Gasteiger partial charge in [0.05, 0.1) is 33.4 Å². The SMILES string of the molecule is COc1ccc(OC2CCCN(C(=O)c3cccc(OC)c3OC)C2)nn1. The van der Waals surface area contributed by atoms with Crippen LogP contribution in [0.4, 0.5) is 0 Å². The molecule has 2 heterocycles.